The second-order valence-corrected chi connectivity index (χ2v) is 17.4. The monoisotopic (exact) mass is 913 g/mol. The predicted molar refractivity (Wildman–Crippen MR) is 224 cm³/mol. The van der Waals surface area contributed by atoms with Crippen molar-refractivity contribution in [2.45, 2.75) is 109 Å². The molecular weight excluding hydrogens is 863 g/mol. The molecule has 4 aliphatic rings. The molecule has 350 valence electrons. The Bertz CT molecular complexity index is 2410. The van der Waals surface area contributed by atoms with E-state index in [0.717, 1.165) is 27.7 Å². The number of hydrogen-bond acceptors (Lipinski definition) is 18. The molecule has 4 bridgehead atoms. The predicted octanol–water partition coefficient (Wildman–Crippen LogP) is 4.51. The fourth-order valence-electron chi connectivity index (χ4n) is 10.4. The van der Waals surface area contributed by atoms with Gasteiger partial charge in [-0.05, 0) is 43.3 Å². The number of cyclic esters (lactones) is 1. The molecule has 1 aromatic heterocycles. The van der Waals surface area contributed by atoms with Crippen LogP contribution in [0.15, 0.2) is 79.0 Å². The Balaban J connectivity index is 1.62. The van der Waals surface area contributed by atoms with Gasteiger partial charge in [0.15, 0.2) is 18.3 Å². The second kappa shape index (κ2) is 18.3. The van der Waals surface area contributed by atoms with Crippen LogP contribution in [0.25, 0.3) is 0 Å². The average Bonchev–Trinajstić information content (AvgIpc) is 3.49. The highest BCUT2D eigenvalue weighted by atomic mass is 16.7. The van der Waals surface area contributed by atoms with E-state index in [1.54, 1.807) is 43.3 Å². The van der Waals surface area contributed by atoms with Crippen molar-refractivity contribution in [3.63, 3.8) is 0 Å². The molecule has 18 nitrogen and oxygen atoms in total. The molecule has 0 radical (unpaired) electrons. The third-order valence-corrected chi connectivity index (χ3v) is 13.3. The Morgan fingerprint density at radius 1 is 0.667 bits per heavy atom. The minimum atomic E-state index is -2.44. The van der Waals surface area contributed by atoms with Crippen LogP contribution in [-0.4, -0.2) is 114 Å². The fraction of sp³-hybridized carbons (Fsp3) is 0.479. The van der Waals surface area contributed by atoms with E-state index in [4.69, 9.17) is 42.6 Å². The molecule has 3 heterocycles. The molecule has 0 amide bonds. The van der Waals surface area contributed by atoms with Gasteiger partial charge in [-0.25, -0.2) is 14.4 Å². The molecule has 0 N–H and O–H groups in total. The third-order valence-electron chi connectivity index (χ3n) is 13.3. The molecule has 1 saturated heterocycles. The van der Waals surface area contributed by atoms with Gasteiger partial charge < -0.3 is 42.6 Å². The zero-order chi connectivity index (χ0) is 47.9. The number of benzene rings is 2. The summed E-state index contributed by atoms with van der Waals surface area (Å²) in [4.78, 5) is 116. The van der Waals surface area contributed by atoms with Crippen molar-refractivity contribution in [3.05, 3.63) is 101 Å². The SMILES string of the molecule is CC(=O)OCC12C(OC(=O)c3ccccc3)C(OC(C)=O)C3OC(=O)C(C)C(C)c4ncccc4C(=O)OCC4(C)OC1(C3C)C(OC(C)=O)C4C(OC(=O)c1ccccc1)C2OC(C)=O. The summed E-state index contributed by atoms with van der Waals surface area (Å²) in [6.07, 6.45) is -9.53. The van der Waals surface area contributed by atoms with Crippen molar-refractivity contribution in [3.8, 4) is 0 Å². The molecule has 13 unspecified atom stereocenters. The highest BCUT2D eigenvalue weighted by Crippen LogP contribution is 2.69. The summed E-state index contributed by atoms with van der Waals surface area (Å²) in [6, 6.07) is 18.3. The molecular formula is C48H51NO17. The Morgan fingerprint density at radius 3 is 1.80 bits per heavy atom. The molecule has 2 saturated carbocycles. The zero-order valence-corrected chi connectivity index (χ0v) is 37.6. The first-order chi connectivity index (χ1) is 31.3. The Kier molecular flexibility index (Phi) is 13.1. The maximum Gasteiger partial charge on any atom is 0.340 e. The third kappa shape index (κ3) is 8.15. The summed E-state index contributed by atoms with van der Waals surface area (Å²) in [5.74, 6) is -12.2. The molecule has 1 spiro atoms. The number of hydrogen-bond donors (Lipinski definition) is 0. The highest BCUT2D eigenvalue weighted by Gasteiger charge is 2.88. The lowest BCUT2D eigenvalue weighted by atomic mass is 9.46. The van der Waals surface area contributed by atoms with Crippen LogP contribution in [-0.2, 0) is 66.6 Å². The maximum absolute atomic E-state index is 14.7. The minimum Gasteiger partial charge on any atom is -0.465 e. The van der Waals surface area contributed by atoms with Gasteiger partial charge in [0.25, 0.3) is 0 Å². The number of carbonyl (C=O) groups is 8. The number of carbonyl (C=O) groups excluding carboxylic acids is 8. The van der Waals surface area contributed by atoms with Gasteiger partial charge in [-0.2, -0.15) is 0 Å². The quantitative estimate of drug-likeness (QED) is 0.212. The number of esters is 8. The van der Waals surface area contributed by atoms with Crippen LogP contribution in [0.1, 0.15) is 98.1 Å². The summed E-state index contributed by atoms with van der Waals surface area (Å²) < 4.78 is 57.3. The Hall–Kier alpha value is -6.69. The lowest BCUT2D eigenvalue weighted by molar-refractivity contribution is -0.347. The smallest absolute Gasteiger partial charge is 0.340 e. The van der Waals surface area contributed by atoms with Crippen molar-refractivity contribution in [2.24, 2.45) is 23.2 Å². The number of aromatic nitrogens is 1. The maximum atomic E-state index is 14.7. The van der Waals surface area contributed by atoms with E-state index in [9.17, 15) is 38.4 Å². The van der Waals surface area contributed by atoms with E-state index in [1.165, 1.54) is 63.4 Å². The van der Waals surface area contributed by atoms with E-state index < -0.39 is 138 Å². The van der Waals surface area contributed by atoms with Gasteiger partial charge >= 0.3 is 47.8 Å². The van der Waals surface area contributed by atoms with Crippen molar-refractivity contribution in [1.29, 1.82) is 0 Å². The molecule has 66 heavy (non-hydrogen) atoms. The molecule has 7 rings (SSSR count). The van der Waals surface area contributed by atoms with Crippen LogP contribution < -0.4 is 0 Å². The van der Waals surface area contributed by atoms with E-state index in [-0.39, 0.29) is 22.4 Å². The number of nitrogens with zero attached hydrogens (tertiary/aromatic N) is 1. The van der Waals surface area contributed by atoms with Gasteiger partial charge in [-0.15, -0.1) is 0 Å². The largest absolute Gasteiger partial charge is 0.465 e. The van der Waals surface area contributed by atoms with Crippen molar-refractivity contribution in [1.82, 2.24) is 4.98 Å². The summed E-state index contributed by atoms with van der Waals surface area (Å²) in [5.41, 5.74) is -6.52. The molecule has 3 fully saturated rings. The van der Waals surface area contributed by atoms with Gasteiger partial charge in [0.1, 0.15) is 48.1 Å². The van der Waals surface area contributed by atoms with Crippen molar-refractivity contribution < 1.29 is 81.0 Å². The van der Waals surface area contributed by atoms with Gasteiger partial charge in [0, 0.05) is 45.7 Å². The second-order valence-electron chi connectivity index (χ2n) is 17.4. The van der Waals surface area contributed by atoms with Crippen LogP contribution in [0, 0.1) is 23.2 Å². The van der Waals surface area contributed by atoms with Crippen LogP contribution in [0.2, 0.25) is 0 Å². The van der Waals surface area contributed by atoms with E-state index in [0.29, 0.717) is 0 Å². The first-order valence-corrected chi connectivity index (χ1v) is 21.5. The van der Waals surface area contributed by atoms with Gasteiger partial charge in [-0.1, -0.05) is 57.2 Å². The molecule has 2 aliphatic carbocycles. The summed E-state index contributed by atoms with van der Waals surface area (Å²) in [5, 5.41) is 0. The van der Waals surface area contributed by atoms with E-state index >= 15 is 0 Å². The minimum absolute atomic E-state index is 0.00531. The molecule has 2 aromatic carbocycles. The average molecular weight is 914 g/mol. The molecule has 3 aromatic rings. The Morgan fingerprint density at radius 2 is 1.23 bits per heavy atom. The lowest BCUT2D eigenvalue weighted by Crippen LogP contribution is -2.84. The fourth-order valence-corrected chi connectivity index (χ4v) is 10.4. The normalized spacial score (nSPS) is 33.3. The molecule has 13 atom stereocenters. The van der Waals surface area contributed by atoms with Crippen LogP contribution >= 0.6 is 0 Å². The number of pyridine rings is 1. The first-order valence-electron chi connectivity index (χ1n) is 21.5. The topological polar surface area (TPSA) is 233 Å². The summed E-state index contributed by atoms with van der Waals surface area (Å²) in [7, 11) is 0. The number of fused-ring (bicyclic) bond motifs is 5. The zero-order valence-electron chi connectivity index (χ0n) is 37.6. The summed E-state index contributed by atoms with van der Waals surface area (Å²) in [6.45, 7) is 8.90. The van der Waals surface area contributed by atoms with Gasteiger partial charge in [-0.3, -0.25) is 29.0 Å². The van der Waals surface area contributed by atoms with Crippen LogP contribution in [0.5, 0.6) is 0 Å². The van der Waals surface area contributed by atoms with Crippen molar-refractivity contribution in [2.75, 3.05) is 13.2 Å². The van der Waals surface area contributed by atoms with Crippen LogP contribution in [0.3, 0.4) is 0 Å². The van der Waals surface area contributed by atoms with Crippen molar-refractivity contribution >= 4 is 47.8 Å². The Labute approximate surface area is 379 Å². The van der Waals surface area contributed by atoms with Crippen LogP contribution in [0.4, 0.5) is 0 Å². The number of rotatable bonds is 9. The van der Waals surface area contributed by atoms with Gasteiger partial charge in [0.2, 0.25) is 0 Å². The number of ether oxygens (including phenoxy) is 9. The molecule has 2 aliphatic heterocycles. The molecule has 18 heteroatoms. The van der Waals surface area contributed by atoms with E-state index in [2.05, 4.69) is 4.98 Å². The summed E-state index contributed by atoms with van der Waals surface area (Å²) >= 11 is 0. The lowest BCUT2D eigenvalue weighted by Gasteiger charge is -2.65. The first kappa shape index (κ1) is 47.3. The standard InChI is InChI=1S/C48H51NO17/c1-24-25(2)42(54)63-36-26(3)48-39(61-29(6)52)34(46(8,66-48)22-59-45(57)33-20-15-21-49-35(24)33)37(64-43(55)31-16-11-9-12-17-31)40(62-30(7)53)47(48,23-58-27(4)50)41(38(36)60-28(5)51)65-44(56)32-18-13-10-14-19-32/h9-21,24-26,34,36-41H,22-23H2,1-8H3. The highest BCUT2D eigenvalue weighted by molar-refractivity contribution is 5.92. The van der Waals surface area contributed by atoms with E-state index in [1.807, 2.05) is 0 Å². The van der Waals surface area contributed by atoms with Gasteiger partial charge in [0.05, 0.1) is 34.2 Å².